The Morgan fingerprint density at radius 3 is 2.79 bits per heavy atom. The van der Waals surface area contributed by atoms with Crippen LogP contribution in [-0.2, 0) is 0 Å². The van der Waals surface area contributed by atoms with Gasteiger partial charge in [-0.3, -0.25) is 0 Å². The molecule has 0 N–H and O–H groups in total. The Labute approximate surface area is 85.5 Å². The highest BCUT2D eigenvalue weighted by Gasteiger charge is 2.21. The van der Waals surface area contributed by atoms with Crippen molar-refractivity contribution in [1.82, 2.24) is 0 Å². The van der Waals surface area contributed by atoms with Crippen molar-refractivity contribution in [2.24, 2.45) is 0 Å². The molecule has 14 heavy (non-hydrogen) atoms. The zero-order valence-electron chi connectivity index (χ0n) is 9.29. The fourth-order valence-electron chi connectivity index (χ4n) is 2.09. The van der Waals surface area contributed by atoms with Gasteiger partial charge in [0.1, 0.15) is 11.9 Å². The molecule has 1 aromatic carbocycles. The van der Waals surface area contributed by atoms with E-state index in [1.165, 1.54) is 16.8 Å². The number of benzene rings is 1. The number of nitrogens with zero attached hydrogens (tertiary/aromatic N) is 1. The van der Waals surface area contributed by atoms with Gasteiger partial charge in [0.15, 0.2) is 0 Å². The molecule has 0 saturated heterocycles. The maximum atomic E-state index is 5.85. The Hall–Kier alpha value is -1.18. The van der Waals surface area contributed by atoms with E-state index < -0.39 is 0 Å². The van der Waals surface area contributed by atoms with Crippen LogP contribution in [0, 0.1) is 13.8 Å². The van der Waals surface area contributed by atoms with E-state index in [4.69, 9.17) is 4.74 Å². The number of likely N-dealkylation sites (N-methyl/N-ethyl adjacent to an activating group) is 1. The summed E-state index contributed by atoms with van der Waals surface area (Å²) < 4.78 is 5.85. The van der Waals surface area contributed by atoms with Crippen LogP contribution in [0.3, 0.4) is 0 Å². The smallest absolute Gasteiger partial charge is 0.146 e. The van der Waals surface area contributed by atoms with E-state index in [1.807, 2.05) is 0 Å². The fourth-order valence-corrected chi connectivity index (χ4v) is 2.09. The van der Waals surface area contributed by atoms with Crippen LogP contribution >= 0.6 is 0 Å². The normalized spacial score (nSPS) is 20.3. The van der Waals surface area contributed by atoms with Gasteiger partial charge < -0.3 is 9.64 Å². The molecule has 1 atom stereocenters. The zero-order chi connectivity index (χ0) is 10.3. The van der Waals surface area contributed by atoms with E-state index in [2.05, 4.69) is 44.9 Å². The van der Waals surface area contributed by atoms with Crippen LogP contribution in [0.15, 0.2) is 12.1 Å². The lowest BCUT2D eigenvalue weighted by Crippen LogP contribution is -2.35. The predicted molar refractivity (Wildman–Crippen MR) is 59.3 cm³/mol. The van der Waals surface area contributed by atoms with Crippen LogP contribution in [0.1, 0.15) is 18.1 Å². The van der Waals surface area contributed by atoms with Gasteiger partial charge in [-0.05, 0) is 38.0 Å². The summed E-state index contributed by atoms with van der Waals surface area (Å²) in [4.78, 5) is 2.27. The van der Waals surface area contributed by atoms with Gasteiger partial charge in [-0.25, -0.2) is 0 Å². The van der Waals surface area contributed by atoms with Crippen LogP contribution in [0.2, 0.25) is 0 Å². The van der Waals surface area contributed by atoms with E-state index in [-0.39, 0.29) is 6.10 Å². The number of anilines is 1. The lowest BCUT2D eigenvalue weighted by Gasteiger charge is -2.33. The van der Waals surface area contributed by atoms with Gasteiger partial charge in [0.25, 0.3) is 0 Å². The fraction of sp³-hybridized carbons (Fsp3) is 0.500. The van der Waals surface area contributed by atoms with Crippen molar-refractivity contribution >= 4 is 5.69 Å². The van der Waals surface area contributed by atoms with Crippen LogP contribution < -0.4 is 9.64 Å². The topological polar surface area (TPSA) is 12.5 Å². The molecule has 1 unspecified atom stereocenters. The Bertz CT molecular complexity index is 360. The monoisotopic (exact) mass is 191 g/mol. The second-order valence-corrected chi connectivity index (χ2v) is 4.24. The van der Waals surface area contributed by atoms with Crippen molar-refractivity contribution < 1.29 is 4.74 Å². The van der Waals surface area contributed by atoms with Crippen molar-refractivity contribution in [3.05, 3.63) is 23.3 Å². The summed E-state index contributed by atoms with van der Waals surface area (Å²) in [5, 5.41) is 0. The summed E-state index contributed by atoms with van der Waals surface area (Å²) in [5.41, 5.74) is 3.75. The Morgan fingerprint density at radius 1 is 1.36 bits per heavy atom. The van der Waals surface area contributed by atoms with Gasteiger partial charge in [-0.2, -0.15) is 0 Å². The Kier molecular flexibility index (Phi) is 2.14. The zero-order valence-corrected chi connectivity index (χ0v) is 9.29. The number of hydrogen-bond donors (Lipinski definition) is 0. The van der Waals surface area contributed by atoms with E-state index in [1.54, 1.807) is 0 Å². The van der Waals surface area contributed by atoms with Gasteiger partial charge >= 0.3 is 0 Å². The highest BCUT2D eigenvalue weighted by molar-refractivity contribution is 5.64. The summed E-state index contributed by atoms with van der Waals surface area (Å²) in [5.74, 6) is 1.05. The van der Waals surface area contributed by atoms with Crippen molar-refractivity contribution in [3.8, 4) is 5.75 Å². The largest absolute Gasteiger partial charge is 0.486 e. The third kappa shape index (κ3) is 1.45. The molecule has 76 valence electrons. The number of rotatable bonds is 0. The number of ether oxygens (including phenoxy) is 1. The van der Waals surface area contributed by atoms with Crippen LogP contribution in [0.4, 0.5) is 5.69 Å². The molecule has 0 radical (unpaired) electrons. The molecule has 2 rings (SSSR count). The number of fused-ring (bicyclic) bond motifs is 1. The molecule has 1 aliphatic heterocycles. The summed E-state index contributed by atoms with van der Waals surface area (Å²) in [6, 6.07) is 4.36. The van der Waals surface area contributed by atoms with Crippen molar-refractivity contribution in [2.75, 3.05) is 18.5 Å². The van der Waals surface area contributed by atoms with Crippen molar-refractivity contribution in [1.29, 1.82) is 0 Å². The minimum atomic E-state index is 0.286. The van der Waals surface area contributed by atoms with E-state index >= 15 is 0 Å². The number of aryl methyl sites for hydroxylation is 2. The molecule has 0 amide bonds. The average Bonchev–Trinajstić information content (AvgIpc) is 2.07. The minimum absolute atomic E-state index is 0.286. The molecule has 2 nitrogen and oxygen atoms in total. The molecular formula is C12H17NO. The van der Waals surface area contributed by atoms with Crippen molar-refractivity contribution in [3.63, 3.8) is 0 Å². The molecule has 0 aliphatic carbocycles. The first-order chi connectivity index (χ1) is 6.58. The van der Waals surface area contributed by atoms with Gasteiger partial charge in [-0.15, -0.1) is 0 Å². The second-order valence-electron chi connectivity index (χ2n) is 4.24. The molecule has 0 spiro atoms. The quantitative estimate of drug-likeness (QED) is 0.624. The van der Waals surface area contributed by atoms with Crippen LogP contribution in [0.5, 0.6) is 5.75 Å². The highest BCUT2D eigenvalue weighted by Crippen LogP contribution is 2.36. The SMILES string of the molecule is Cc1cc(C)c2c(c1)N(C)CC(C)O2. The van der Waals surface area contributed by atoms with Gasteiger partial charge in [-0.1, -0.05) is 6.07 Å². The van der Waals surface area contributed by atoms with E-state index in [0.717, 1.165) is 12.3 Å². The predicted octanol–water partition coefficient (Wildman–Crippen LogP) is 2.52. The lowest BCUT2D eigenvalue weighted by molar-refractivity contribution is 0.214. The number of hydrogen-bond acceptors (Lipinski definition) is 2. The van der Waals surface area contributed by atoms with Gasteiger partial charge in [0.2, 0.25) is 0 Å². The summed E-state index contributed by atoms with van der Waals surface area (Å²) in [6.45, 7) is 7.31. The molecule has 1 heterocycles. The van der Waals surface area contributed by atoms with Gasteiger partial charge in [0, 0.05) is 7.05 Å². The maximum Gasteiger partial charge on any atom is 0.146 e. The molecule has 0 aromatic heterocycles. The summed E-state index contributed by atoms with van der Waals surface area (Å²) in [6.07, 6.45) is 0.286. The Balaban J connectivity index is 2.53. The molecule has 2 heteroatoms. The third-order valence-corrected chi connectivity index (χ3v) is 2.66. The van der Waals surface area contributed by atoms with E-state index in [0.29, 0.717) is 0 Å². The standard InChI is InChI=1S/C12H17NO/c1-8-5-9(2)12-11(6-8)13(4)7-10(3)14-12/h5-6,10H,7H2,1-4H3. The first-order valence-corrected chi connectivity index (χ1v) is 5.07. The summed E-state index contributed by atoms with van der Waals surface area (Å²) >= 11 is 0. The molecule has 0 fully saturated rings. The lowest BCUT2D eigenvalue weighted by atomic mass is 10.1. The first-order valence-electron chi connectivity index (χ1n) is 5.07. The molecule has 1 aliphatic rings. The van der Waals surface area contributed by atoms with E-state index in [9.17, 15) is 0 Å². The molecular weight excluding hydrogens is 174 g/mol. The molecule has 0 bridgehead atoms. The molecule has 1 aromatic rings. The maximum absolute atomic E-state index is 5.85. The second kappa shape index (κ2) is 3.19. The minimum Gasteiger partial charge on any atom is -0.486 e. The first kappa shape index (κ1) is 9.38. The van der Waals surface area contributed by atoms with Crippen molar-refractivity contribution in [2.45, 2.75) is 26.9 Å². The highest BCUT2D eigenvalue weighted by atomic mass is 16.5. The van der Waals surface area contributed by atoms with Crippen LogP contribution in [-0.4, -0.2) is 19.7 Å². The summed E-state index contributed by atoms with van der Waals surface area (Å²) in [7, 11) is 2.12. The molecule has 0 saturated carbocycles. The third-order valence-electron chi connectivity index (χ3n) is 2.66. The van der Waals surface area contributed by atoms with Gasteiger partial charge in [0.05, 0.1) is 12.2 Å². The van der Waals surface area contributed by atoms with Crippen LogP contribution in [0.25, 0.3) is 0 Å². The Morgan fingerprint density at radius 2 is 2.07 bits per heavy atom. The average molecular weight is 191 g/mol.